The normalized spacial score (nSPS) is 21.9. The minimum Gasteiger partial charge on any atom is -0.379 e. The van der Waals surface area contributed by atoms with Crippen LogP contribution in [0.15, 0.2) is 18.5 Å². The Kier molecular flexibility index (Phi) is 5.64. The third-order valence-corrected chi connectivity index (χ3v) is 3.25. The first-order valence-corrected chi connectivity index (χ1v) is 6.86. The van der Waals surface area contributed by atoms with Crippen molar-refractivity contribution >= 4 is 0 Å². The van der Waals surface area contributed by atoms with Crippen LogP contribution < -0.4 is 10.6 Å². The lowest BCUT2D eigenvalue weighted by atomic mass is 10.1. The maximum atomic E-state index is 5.46. The Labute approximate surface area is 109 Å². The van der Waals surface area contributed by atoms with E-state index in [1.54, 1.807) is 0 Å². The molecule has 0 spiro atoms. The van der Waals surface area contributed by atoms with E-state index in [0.717, 1.165) is 45.7 Å². The summed E-state index contributed by atoms with van der Waals surface area (Å²) in [5, 5.41) is 11.2. The molecule has 1 aliphatic heterocycles. The smallest absolute Gasteiger partial charge is 0.0620 e. The Morgan fingerprint density at radius 2 is 2.56 bits per heavy atom. The molecule has 1 saturated heterocycles. The molecular weight excluding hydrogens is 228 g/mol. The summed E-state index contributed by atoms with van der Waals surface area (Å²) in [6.07, 6.45) is 6.07. The van der Waals surface area contributed by atoms with Crippen molar-refractivity contribution in [1.29, 1.82) is 0 Å². The molecule has 1 fully saturated rings. The molecule has 1 aromatic rings. The highest BCUT2D eigenvalue weighted by Gasteiger charge is 2.15. The lowest BCUT2D eigenvalue weighted by Gasteiger charge is -2.26. The van der Waals surface area contributed by atoms with Crippen molar-refractivity contribution in [2.75, 3.05) is 26.3 Å². The highest BCUT2D eigenvalue weighted by molar-refractivity contribution is 4.78. The molecule has 2 N–H and O–H groups in total. The van der Waals surface area contributed by atoms with E-state index in [2.05, 4.69) is 22.7 Å². The molecule has 2 unspecified atom stereocenters. The zero-order valence-corrected chi connectivity index (χ0v) is 11.1. The summed E-state index contributed by atoms with van der Waals surface area (Å²) in [6, 6.07) is 3.00. The Balaban J connectivity index is 1.52. The Bertz CT molecular complexity index is 309. The fourth-order valence-electron chi connectivity index (χ4n) is 2.30. The first kappa shape index (κ1) is 13.5. The van der Waals surface area contributed by atoms with Crippen LogP contribution in [0, 0.1) is 0 Å². The topological polar surface area (TPSA) is 51.1 Å². The standard InChI is InChI=1S/C13H24N4O/c1-12(10-13-11-18-9-6-15-13)14-4-2-7-17-8-3-5-16-17/h3,5,8,12-15H,2,4,6-7,9-11H2,1H3. The Hall–Kier alpha value is -0.910. The highest BCUT2D eigenvalue weighted by Crippen LogP contribution is 2.02. The molecule has 0 bridgehead atoms. The van der Waals surface area contributed by atoms with Crippen molar-refractivity contribution in [2.45, 2.75) is 38.4 Å². The third kappa shape index (κ3) is 4.76. The maximum Gasteiger partial charge on any atom is 0.0620 e. The zero-order chi connectivity index (χ0) is 12.6. The Morgan fingerprint density at radius 1 is 1.61 bits per heavy atom. The Morgan fingerprint density at radius 3 is 3.28 bits per heavy atom. The molecule has 2 heterocycles. The lowest BCUT2D eigenvalue weighted by molar-refractivity contribution is 0.0712. The fourth-order valence-corrected chi connectivity index (χ4v) is 2.30. The van der Waals surface area contributed by atoms with Crippen LogP contribution in [-0.2, 0) is 11.3 Å². The van der Waals surface area contributed by atoms with Gasteiger partial charge in [0.1, 0.15) is 0 Å². The van der Waals surface area contributed by atoms with Crippen LogP contribution in [-0.4, -0.2) is 48.2 Å². The monoisotopic (exact) mass is 252 g/mol. The lowest BCUT2D eigenvalue weighted by Crippen LogP contribution is -2.45. The minimum absolute atomic E-state index is 0.507. The summed E-state index contributed by atoms with van der Waals surface area (Å²) < 4.78 is 7.43. The summed E-state index contributed by atoms with van der Waals surface area (Å²) in [4.78, 5) is 0. The number of aromatic nitrogens is 2. The van der Waals surface area contributed by atoms with Gasteiger partial charge in [-0.2, -0.15) is 5.10 Å². The second-order valence-electron chi connectivity index (χ2n) is 4.94. The van der Waals surface area contributed by atoms with Crippen LogP contribution in [0.3, 0.4) is 0 Å². The van der Waals surface area contributed by atoms with Crippen molar-refractivity contribution in [2.24, 2.45) is 0 Å². The van der Waals surface area contributed by atoms with Gasteiger partial charge < -0.3 is 15.4 Å². The molecular formula is C13H24N4O. The van der Waals surface area contributed by atoms with E-state index in [0.29, 0.717) is 12.1 Å². The number of aryl methyl sites for hydroxylation is 1. The number of ether oxygens (including phenoxy) is 1. The van der Waals surface area contributed by atoms with Gasteiger partial charge in [0.05, 0.1) is 13.2 Å². The van der Waals surface area contributed by atoms with Gasteiger partial charge in [-0.15, -0.1) is 0 Å². The highest BCUT2D eigenvalue weighted by atomic mass is 16.5. The van der Waals surface area contributed by atoms with Gasteiger partial charge in [-0.05, 0) is 32.4 Å². The molecule has 0 amide bonds. The van der Waals surface area contributed by atoms with Crippen LogP contribution in [0.5, 0.6) is 0 Å². The van der Waals surface area contributed by atoms with E-state index in [-0.39, 0.29) is 0 Å². The first-order chi connectivity index (χ1) is 8.84. The van der Waals surface area contributed by atoms with E-state index >= 15 is 0 Å². The van der Waals surface area contributed by atoms with Gasteiger partial charge in [0, 0.05) is 37.6 Å². The molecule has 2 rings (SSSR count). The second-order valence-corrected chi connectivity index (χ2v) is 4.94. The quantitative estimate of drug-likeness (QED) is 0.699. The average molecular weight is 252 g/mol. The summed E-state index contributed by atoms with van der Waals surface area (Å²) in [5.74, 6) is 0. The van der Waals surface area contributed by atoms with Gasteiger partial charge >= 0.3 is 0 Å². The third-order valence-electron chi connectivity index (χ3n) is 3.25. The van der Waals surface area contributed by atoms with Gasteiger partial charge in [-0.3, -0.25) is 4.68 Å². The number of nitrogens with one attached hydrogen (secondary N) is 2. The maximum absolute atomic E-state index is 5.46. The molecule has 2 atom stereocenters. The van der Waals surface area contributed by atoms with Crippen LogP contribution in [0.2, 0.25) is 0 Å². The van der Waals surface area contributed by atoms with Crippen molar-refractivity contribution in [1.82, 2.24) is 20.4 Å². The molecule has 1 aliphatic rings. The number of rotatable bonds is 7. The fraction of sp³-hybridized carbons (Fsp3) is 0.769. The molecule has 5 nitrogen and oxygen atoms in total. The number of hydrogen-bond donors (Lipinski definition) is 2. The number of nitrogens with zero attached hydrogens (tertiary/aromatic N) is 2. The molecule has 102 valence electrons. The molecule has 0 saturated carbocycles. The van der Waals surface area contributed by atoms with Gasteiger partial charge in [0.15, 0.2) is 0 Å². The summed E-state index contributed by atoms with van der Waals surface area (Å²) in [7, 11) is 0. The SMILES string of the molecule is CC(CC1COCCN1)NCCCn1cccn1. The summed E-state index contributed by atoms with van der Waals surface area (Å²) in [6.45, 7) is 6.94. The van der Waals surface area contributed by atoms with Crippen molar-refractivity contribution < 1.29 is 4.74 Å². The van der Waals surface area contributed by atoms with Gasteiger partial charge in [-0.1, -0.05) is 0 Å². The molecule has 0 aromatic carbocycles. The zero-order valence-electron chi connectivity index (χ0n) is 11.1. The van der Waals surface area contributed by atoms with E-state index < -0.39 is 0 Å². The van der Waals surface area contributed by atoms with Crippen LogP contribution in [0.1, 0.15) is 19.8 Å². The largest absolute Gasteiger partial charge is 0.379 e. The molecule has 1 aromatic heterocycles. The van der Waals surface area contributed by atoms with Crippen molar-refractivity contribution in [3.8, 4) is 0 Å². The minimum atomic E-state index is 0.507. The molecule has 5 heteroatoms. The van der Waals surface area contributed by atoms with E-state index in [4.69, 9.17) is 4.74 Å². The molecule has 18 heavy (non-hydrogen) atoms. The molecule has 0 radical (unpaired) electrons. The van der Waals surface area contributed by atoms with Crippen LogP contribution in [0.4, 0.5) is 0 Å². The van der Waals surface area contributed by atoms with Crippen LogP contribution >= 0.6 is 0 Å². The van der Waals surface area contributed by atoms with E-state index in [9.17, 15) is 0 Å². The predicted molar refractivity (Wildman–Crippen MR) is 71.5 cm³/mol. The van der Waals surface area contributed by atoms with Crippen molar-refractivity contribution in [3.05, 3.63) is 18.5 Å². The van der Waals surface area contributed by atoms with E-state index in [1.165, 1.54) is 0 Å². The number of hydrogen-bond acceptors (Lipinski definition) is 4. The second kappa shape index (κ2) is 7.51. The van der Waals surface area contributed by atoms with Gasteiger partial charge in [-0.25, -0.2) is 0 Å². The summed E-state index contributed by atoms with van der Waals surface area (Å²) in [5.41, 5.74) is 0. The van der Waals surface area contributed by atoms with Crippen LogP contribution in [0.25, 0.3) is 0 Å². The first-order valence-electron chi connectivity index (χ1n) is 6.86. The predicted octanol–water partition coefficient (Wildman–Crippen LogP) is 0.630. The van der Waals surface area contributed by atoms with E-state index in [1.807, 2.05) is 23.1 Å². The average Bonchev–Trinajstić information content (AvgIpc) is 2.89. The number of morpholine rings is 1. The van der Waals surface area contributed by atoms with Crippen molar-refractivity contribution in [3.63, 3.8) is 0 Å². The molecule has 0 aliphatic carbocycles. The van der Waals surface area contributed by atoms with Gasteiger partial charge in [0.25, 0.3) is 0 Å². The summed E-state index contributed by atoms with van der Waals surface area (Å²) >= 11 is 0. The van der Waals surface area contributed by atoms with Gasteiger partial charge in [0.2, 0.25) is 0 Å².